The van der Waals surface area contributed by atoms with Gasteiger partial charge in [0.1, 0.15) is 11.8 Å². The Morgan fingerprint density at radius 3 is 2.32 bits per heavy atom. The highest BCUT2D eigenvalue weighted by atomic mass is 32.2. The number of urea groups is 1. The van der Waals surface area contributed by atoms with E-state index in [0.29, 0.717) is 17.9 Å². The lowest BCUT2D eigenvalue weighted by Crippen LogP contribution is -2.47. The zero-order valence-electron chi connectivity index (χ0n) is 17.2. The van der Waals surface area contributed by atoms with Crippen LogP contribution in [0.4, 0.5) is 10.5 Å². The normalized spacial score (nSPS) is 12.1. The van der Waals surface area contributed by atoms with E-state index in [4.69, 9.17) is 9.94 Å². The maximum absolute atomic E-state index is 12.9. The smallest absolute Gasteiger partial charge is 0.319 e. The number of rotatable bonds is 10. The largest absolute Gasteiger partial charge is 0.497 e. The topological polar surface area (TPSA) is 137 Å². The number of amides is 3. The number of carbonyl (C=O) groups excluding carboxylic acids is 2. The van der Waals surface area contributed by atoms with Crippen LogP contribution >= 0.6 is 0 Å². The monoisotopic (exact) mass is 450 g/mol. The number of sulfonamides is 1. The van der Waals surface area contributed by atoms with E-state index < -0.39 is 28.0 Å². The van der Waals surface area contributed by atoms with E-state index in [9.17, 15) is 18.0 Å². The zero-order chi connectivity index (χ0) is 22.9. The fourth-order valence-electron chi connectivity index (χ4n) is 2.83. The number of ether oxygens (including phenoxy) is 1. The number of nitrogens with one attached hydrogen (secondary N) is 3. The Bertz CT molecular complexity index is 967. The van der Waals surface area contributed by atoms with Crippen LogP contribution in [0.5, 0.6) is 5.75 Å². The molecule has 0 unspecified atom stereocenters. The first-order chi connectivity index (χ1) is 14.8. The van der Waals surface area contributed by atoms with Gasteiger partial charge in [-0.1, -0.05) is 18.2 Å². The third-order valence-corrected chi connectivity index (χ3v) is 6.44. The molecule has 1 atom stereocenters. The predicted molar refractivity (Wildman–Crippen MR) is 114 cm³/mol. The van der Waals surface area contributed by atoms with Gasteiger partial charge in [-0.3, -0.25) is 10.0 Å². The Morgan fingerprint density at radius 2 is 1.74 bits per heavy atom. The van der Waals surface area contributed by atoms with E-state index in [2.05, 4.69) is 10.6 Å². The molecule has 0 aliphatic heterocycles. The number of hydroxylamine groups is 1. The van der Waals surface area contributed by atoms with E-state index >= 15 is 0 Å². The second kappa shape index (κ2) is 11.3. The zero-order valence-corrected chi connectivity index (χ0v) is 18.1. The molecular formula is C20H26N4O6S. The van der Waals surface area contributed by atoms with Crippen molar-refractivity contribution < 1.29 is 28.0 Å². The first-order valence-corrected chi connectivity index (χ1v) is 10.9. The van der Waals surface area contributed by atoms with Crippen LogP contribution in [0.3, 0.4) is 0 Å². The van der Waals surface area contributed by atoms with E-state index in [1.165, 1.54) is 43.9 Å². The minimum atomic E-state index is -4.01. The fraction of sp³-hybridized carbons (Fsp3) is 0.300. The van der Waals surface area contributed by atoms with Crippen molar-refractivity contribution in [1.29, 1.82) is 0 Å². The molecule has 31 heavy (non-hydrogen) atoms. The van der Waals surface area contributed by atoms with Crippen molar-refractivity contribution in [3.63, 3.8) is 0 Å². The van der Waals surface area contributed by atoms with Crippen LogP contribution in [-0.4, -0.2) is 56.6 Å². The first kappa shape index (κ1) is 24.1. The summed E-state index contributed by atoms with van der Waals surface area (Å²) in [6.45, 7) is 0.199. The quantitative estimate of drug-likeness (QED) is 0.247. The van der Waals surface area contributed by atoms with Crippen molar-refractivity contribution in [2.45, 2.75) is 23.8 Å². The highest BCUT2D eigenvalue weighted by Crippen LogP contribution is 2.21. The summed E-state index contributed by atoms with van der Waals surface area (Å²) in [5, 5.41) is 14.3. The molecule has 0 fully saturated rings. The molecule has 0 aromatic heterocycles. The van der Waals surface area contributed by atoms with E-state index in [1.807, 2.05) is 6.07 Å². The predicted octanol–water partition coefficient (Wildman–Crippen LogP) is 1.79. The third kappa shape index (κ3) is 6.67. The Morgan fingerprint density at radius 1 is 1.10 bits per heavy atom. The minimum absolute atomic E-state index is 0.0214. The molecule has 2 aromatic rings. The lowest BCUT2D eigenvalue weighted by Gasteiger charge is -2.26. The highest BCUT2D eigenvalue weighted by Gasteiger charge is 2.32. The van der Waals surface area contributed by atoms with Crippen LogP contribution in [0.2, 0.25) is 0 Å². The SMILES string of the molecule is COc1ccc(S(=O)(=O)N(C)[C@H](CCCNC(=O)Nc2ccccc2)C(=O)NO)cc1. The number of benzene rings is 2. The van der Waals surface area contributed by atoms with Crippen molar-refractivity contribution in [2.75, 3.05) is 26.0 Å². The Kier molecular flexibility index (Phi) is 8.79. The lowest BCUT2D eigenvalue weighted by molar-refractivity contribution is -0.133. The summed E-state index contributed by atoms with van der Waals surface area (Å²) in [5.41, 5.74) is 2.13. The third-order valence-electron chi connectivity index (χ3n) is 4.56. The molecule has 11 heteroatoms. The van der Waals surface area contributed by atoms with Gasteiger partial charge < -0.3 is 15.4 Å². The molecule has 0 saturated carbocycles. The van der Waals surface area contributed by atoms with Crippen molar-refractivity contribution in [2.24, 2.45) is 0 Å². The molecule has 168 valence electrons. The number of hydrogen-bond acceptors (Lipinski definition) is 6. The Balaban J connectivity index is 1.97. The summed E-state index contributed by atoms with van der Waals surface area (Å²) < 4.78 is 31.7. The number of likely N-dealkylation sites (N-methyl/N-ethyl adjacent to an activating group) is 1. The first-order valence-electron chi connectivity index (χ1n) is 9.45. The molecule has 2 rings (SSSR count). The average Bonchev–Trinajstić information content (AvgIpc) is 2.78. The number of anilines is 1. The number of carbonyl (C=O) groups is 2. The average molecular weight is 451 g/mol. The van der Waals surface area contributed by atoms with Crippen LogP contribution in [0.1, 0.15) is 12.8 Å². The number of nitrogens with zero attached hydrogens (tertiary/aromatic N) is 1. The molecule has 4 N–H and O–H groups in total. The summed E-state index contributed by atoms with van der Waals surface area (Å²) in [6.07, 6.45) is 0.368. The van der Waals surface area contributed by atoms with Gasteiger partial charge in [-0.25, -0.2) is 18.7 Å². The van der Waals surface area contributed by atoms with Gasteiger partial charge in [-0.05, 0) is 49.2 Å². The van der Waals surface area contributed by atoms with Crippen molar-refractivity contribution in [3.05, 3.63) is 54.6 Å². The molecule has 0 bridgehead atoms. The second-order valence-electron chi connectivity index (χ2n) is 6.58. The summed E-state index contributed by atoms with van der Waals surface area (Å²) in [6, 6.07) is 13.0. The van der Waals surface area contributed by atoms with Crippen molar-refractivity contribution >= 4 is 27.6 Å². The van der Waals surface area contributed by atoms with Gasteiger partial charge in [0.25, 0.3) is 5.91 Å². The maximum atomic E-state index is 12.9. The molecular weight excluding hydrogens is 424 g/mol. The molecule has 3 amide bonds. The van der Waals surface area contributed by atoms with Gasteiger partial charge in [-0.2, -0.15) is 4.31 Å². The fourth-order valence-corrected chi connectivity index (χ4v) is 4.18. The van der Waals surface area contributed by atoms with Gasteiger partial charge in [0.15, 0.2) is 0 Å². The van der Waals surface area contributed by atoms with Crippen LogP contribution in [-0.2, 0) is 14.8 Å². The van der Waals surface area contributed by atoms with Crippen molar-refractivity contribution in [1.82, 2.24) is 15.1 Å². The Hall–Kier alpha value is -3.15. The number of methoxy groups -OCH3 is 1. The molecule has 0 saturated heterocycles. The maximum Gasteiger partial charge on any atom is 0.319 e. The molecule has 0 radical (unpaired) electrons. The van der Waals surface area contributed by atoms with Gasteiger partial charge in [0.05, 0.1) is 12.0 Å². The summed E-state index contributed by atoms with van der Waals surface area (Å²) in [5.74, 6) is -0.376. The number of hydrogen-bond donors (Lipinski definition) is 4. The summed E-state index contributed by atoms with van der Waals surface area (Å²) in [4.78, 5) is 24.0. The van der Waals surface area contributed by atoms with Gasteiger partial charge in [0.2, 0.25) is 10.0 Å². The summed E-state index contributed by atoms with van der Waals surface area (Å²) >= 11 is 0. The van der Waals surface area contributed by atoms with Gasteiger partial charge in [-0.15, -0.1) is 0 Å². The van der Waals surface area contributed by atoms with Gasteiger partial charge >= 0.3 is 6.03 Å². The summed E-state index contributed by atoms with van der Waals surface area (Å²) in [7, 11) is -1.28. The molecule has 0 spiro atoms. The molecule has 0 heterocycles. The second-order valence-corrected chi connectivity index (χ2v) is 8.58. The molecule has 0 aliphatic rings. The van der Waals surface area contributed by atoms with Crippen molar-refractivity contribution in [3.8, 4) is 5.75 Å². The van der Waals surface area contributed by atoms with Gasteiger partial charge in [0, 0.05) is 19.3 Å². The van der Waals surface area contributed by atoms with E-state index in [0.717, 1.165) is 4.31 Å². The molecule has 10 nitrogen and oxygen atoms in total. The van der Waals surface area contributed by atoms with Crippen LogP contribution < -0.4 is 20.9 Å². The van der Waals surface area contributed by atoms with Crippen LogP contribution in [0.15, 0.2) is 59.5 Å². The Labute approximate surface area is 181 Å². The lowest BCUT2D eigenvalue weighted by atomic mass is 10.1. The van der Waals surface area contributed by atoms with Crippen LogP contribution in [0.25, 0.3) is 0 Å². The number of para-hydroxylation sites is 1. The standard InChI is InChI=1S/C20H26N4O6S/c1-24(31(28,29)17-12-10-16(30-2)11-13-17)18(19(25)23-27)9-6-14-21-20(26)22-15-7-4-3-5-8-15/h3-5,7-8,10-13,18,27H,6,9,14H2,1-2H3,(H,23,25)(H2,21,22,26)/t18-/m1/s1. The van der Waals surface area contributed by atoms with Crippen LogP contribution in [0, 0.1) is 0 Å². The minimum Gasteiger partial charge on any atom is -0.497 e. The molecule has 2 aromatic carbocycles. The van der Waals surface area contributed by atoms with E-state index in [-0.39, 0.29) is 17.9 Å². The highest BCUT2D eigenvalue weighted by molar-refractivity contribution is 7.89. The molecule has 0 aliphatic carbocycles. The van der Waals surface area contributed by atoms with E-state index in [1.54, 1.807) is 24.3 Å².